The average Bonchev–Trinajstić information content (AvgIpc) is 2.76. The molecule has 1 aliphatic rings. The predicted molar refractivity (Wildman–Crippen MR) is 60.9 cm³/mol. The molecule has 0 amide bonds. The number of likely N-dealkylation sites (tertiary alicyclic amines) is 1. The lowest BCUT2D eigenvalue weighted by Gasteiger charge is -2.25. The number of nitrogens with two attached hydrogens (primary N) is 1. The van der Waals surface area contributed by atoms with Crippen LogP contribution in [0.1, 0.15) is 43.9 Å². The Morgan fingerprint density at radius 2 is 2.12 bits per heavy atom. The van der Waals surface area contributed by atoms with Crippen molar-refractivity contribution in [3.05, 3.63) is 11.7 Å². The van der Waals surface area contributed by atoms with Gasteiger partial charge in [0.1, 0.15) is 0 Å². The second-order valence-corrected chi connectivity index (χ2v) is 4.49. The van der Waals surface area contributed by atoms with Crippen LogP contribution in [0.2, 0.25) is 0 Å². The van der Waals surface area contributed by atoms with Crippen LogP contribution in [0, 0.1) is 0 Å². The van der Waals surface area contributed by atoms with E-state index in [-0.39, 0.29) is 6.04 Å². The van der Waals surface area contributed by atoms with E-state index in [0.717, 1.165) is 18.8 Å². The number of piperidine rings is 1. The highest BCUT2D eigenvalue weighted by Crippen LogP contribution is 2.10. The average molecular weight is 224 g/mol. The van der Waals surface area contributed by atoms with Crippen molar-refractivity contribution in [2.45, 2.75) is 38.6 Å². The number of aromatic nitrogens is 2. The Bertz CT molecular complexity index is 318. The minimum absolute atomic E-state index is 0.170. The molecular weight excluding hydrogens is 204 g/mol. The highest BCUT2D eigenvalue weighted by Gasteiger charge is 2.13. The van der Waals surface area contributed by atoms with Crippen LogP contribution in [0.15, 0.2) is 4.52 Å². The van der Waals surface area contributed by atoms with Crippen LogP contribution >= 0.6 is 0 Å². The van der Waals surface area contributed by atoms with Gasteiger partial charge in [0.15, 0.2) is 5.82 Å². The van der Waals surface area contributed by atoms with Crippen molar-refractivity contribution in [3.63, 3.8) is 0 Å². The Morgan fingerprint density at radius 3 is 2.75 bits per heavy atom. The molecule has 16 heavy (non-hydrogen) atoms. The highest BCUT2D eigenvalue weighted by molar-refractivity contribution is 4.90. The quantitative estimate of drug-likeness (QED) is 0.830. The Morgan fingerprint density at radius 1 is 1.38 bits per heavy atom. The molecule has 1 aromatic rings. The molecule has 0 saturated carbocycles. The molecule has 0 spiro atoms. The summed E-state index contributed by atoms with van der Waals surface area (Å²) in [6, 6.07) is -0.170. The fourth-order valence-electron chi connectivity index (χ4n) is 2.00. The van der Waals surface area contributed by atoms with E-state index in [2.05, 4.69) is 15.0 Å². The fraction of sp³-hybridized carbons (Fsp3) is 0.818. The summed E-state index contributed by atoms with van der Waals surface area (Å²) < 4.78 is 5.06. The van der Waals surface area contributed by atoms with E-state index in [4.69, 9.17) is 10.3 Å². The van der Waals surface area contributed by atoms with E-state index in [9.17, 15) is 0 Å². The number of nitrogens with zero attached hydrogens (tertiary/aromatic N) is 3. The molecule has 0 aliphatic carbocycles. The maximum atomic E-state index is 5.66. The first-order chi connectivity index (χ1) is 7.75. The van der Waals surface area contributed by atoms with Gasteiger partial charge in [-0.15, -0.1) is 0 Å². The number of hydrogen-bond donors (Lipinski definition) is 1. The van der Waals surface area contributed by atoms with E-state index < -0.39 is 0 Å². The van der Waals surface area contributed by atoms with Crippen LogP contribution < -0.4 is 5.73 Å². The summed E-state index contributed by atoms with van der Waals surface area (Å²) in [7, 11) is 0. The maximum Gasteiger partial charge on any atom is 0.243 e. The van der Waals surface area contributed by atoms with Crippen molar-refractivity contribution in [2.24, 2.45) is 5.73 Å². The first-order valence-electron chi connectivity index (χ1n) is 6.06. The molecule has 1 aliphatic heterocycles. The van der Waals surface area contributed by atoms with Crippen LogP contribution in [0.4, 0.5) is 0 Å². The summed E-state index contributed by atoms with van der Waals surface area (Å²) >= 11 is 0. The molecule has 2 rings (SSSR count). The standard InChI is InChI=1S/C11H20N4O/c1-9(12)11-13-10(14-16-11)5-8-15-6-3-2-4-7-15/h9H,2-8,12H2,1H3. The molecule has 1 saturated heterocycles. The molecule has 0 bridgehead atoms. The Labute approximate surface area is 96.0 Å². The monoisotopic (exact) mass is 224 g/mol. The van der Waals surface area contributed by atoms with Crippen LogP contribution in [0.5, 0.6) is 0 Å². The summed E-state index contributed by atoms with van der Waals surface area (Å²) in [5, 5.41) is 3.93. The molecule has 5 nitrogen and oxygen atoms in total. The summed E-state index contributed by atoms with van der Waals surface area (Å²) in [4.78, 5) is 6.73. The van der Waals surface area contributed by atoms with Crippen molar-refractivity contribution in [3.8, 4) is 0 Å². The molecule has 2 heterocycles. The van der Waals surface area contributed by atoms with Crippen LogP contribution in [0.3, 0.4) is 0 Å². The molecular formula is C11H20N4O. The van der Waals surface area contributed by atoms with Gasteiger partial charge in [0.25, 0.3) is 0 Å². The first-order valence-corrected chi connectivity index (χ1v) is 6.06. The van der Waals surface area contributed by atoms with E-state index >= 15 is 0 Å². The molecule has 2 N–H and O–H groups in total. The predicted octanol–water partition coefficient (Wildman–Crippen LogP) is 1.12. The zero-order valence-corrected chi connectivity index (χ0v) is 9.85. The Kier molecular flexibility index (Phi) is 3.90. The smallest absolute Gasteiger partial charge is 0.243 e. The van der Waals surface area contributed by atoms with Crippen LogP contribution in [0.25, 0.3) is 0 Å². The molecule has 5 heteroatoms. The third-order valence-electron chi connectivity index (χ3n) is 2.97. The summed E-state index contributed by atoms with van der Waals surface area (Å²) in [5.74, 6) is 1.31. The third-order valence-corrected chi connectivity index (χ3v) is 2.97. The molecule has 0 radical (unpaired) electrons. The summed E-state index contributed by atoms with van der Waals surface area (Å²) in [6.45, 7) is 5.29. The van der Waals surface area contributed by atoms with Crippen molar-refractivity contribution in [2.75, 3.05) is 19.6 Å². The summed E-state index contributed by atoms with van der Waals surface area (Å²) in [6.07, 6.45) is 4.86. The SMILES string of the molecule is CC(N)c1nc(CCN2CCCCC2)no1. The van der Waals surface area contributed by atoms with Crippen molar-refractivity contribution in [1.82, 2.24) is 15.0 Å². The fourth-order valence-corrected chi connectivity index (χ4v) is 2.00. The minimum Gasteiger partial charge on any atom is -0.338 e. The summed E-state index contributed by atoms with van der Waals surface area (Å²) in [5.41, 5.74) is 5.66. The largest absolute Gasteiger partial charge is 0.338 e. The topological polar surface area (TPSA) is 68.2 Å². The third kappa shape index (κ3) is 3.02. The Hall–Kier alpha value is -0.940. The van der Waals surface area contributed by atoms with Gasteiger partial charge in [-0.05, 0) is 32.9 Å². The molecule has 1 unspecified atom stereocenters. The van der Waals surface area contributed by atoms with E-state index in [1.54, 1.807) is 0 Å². The molecule has 90 valence electrons. The normalized spacial score (nSPS) is 19.9. The minimum atomic E-state index is -0.170. The molecule has 1 fully saturated rings. The van der Waals surface area contributed by atoms with Gasteiger partial charge in [-0.3, -0.25) is 0 Å². The lowest BCUT2D eigenvalue weighted by atomic mass is 10.1. The van der Waals surface area contributed by atoms with Crippen molar-refractivity contribution in [1.29, 1.82) is 0 Å². The molecule has 0 aromatic carbocycles. The van der Waals surface area contributed by atoms with E-state index in [1.807, 2.05) is 6.92 Å². The number of rotatable bonds is 4. The highest BCUT2D eigenvalue weighted by atomic mass is 16.5. The van der Waals surface area contributed by atoms with Gasteiger partial charge in [-0.1, -0.05) is 11.6 Å². The van der Waals surface area contributed by atoms with Gasteiger partial charge in [0.2, 0.25) is 5.89 Å². The van der Waals surface area contributed by atoms with Gasteiger partial charge in [0, 0.05) is 13.0 Å². The van der Waals surface area contributed by atoms with Crippen molar-refractivity contribution >= 4 is 0 Å². The number of hydrogen-bond acceptors (Lipinski definition) is 5. The van der Waals surface area contributed by atoms with Gasteiger partial charge in [-0.2, -0.15) is 4.98 Å². The van der Waals surface area contributed by atoms with E-state index in [1.165, 1.54) is 32.4 Å². The van der Waals surface area contributed by atoms with Gasteiger partial charge in [0.05, 0.1) is 6.04 Å². The van der Waals surface area contributed by atoms with Crippen LogP contribution in [-0.4, -0.2) is 34.7 Å². The van der Waals surface area contributed by atoms with Crippen molar-refractivity contribution < 1.29 is 4.52 Å². The zero-order chi connectivity index (χ0) is 11.4. The van der Waals surface area contributed by atoms with Gasteiger partial charge >= 0.3 is 0 Å². The Balaban J connectivity index is 1.79. The maximum absolute atomic E-state index is 5.66. The second-order valence-electron chi connectivity index (χ2n) is 4.49. The van der Waals surface area contributed by atoms with E-state index in [0.29, 0.717) is 5.89 Å². The van der Waals surface area contributed by atoms with Gasteiger partial charge < -0.3 is 15.2 Å². The molecule has 1 atom stereocenters. The zero-order valence-electron chi connectivity index (χ0n) is 9.85. The first kappa shape index (κ1) is 11.5. The van der Waals surface area contributed by atoms with Crippen LogP contribution in [-0.2, 0) is 6.42 Å². The lowest BCUT2D eigenvalue weighted by Crippen LogP contribution is -2.31. The molecule has 1 aromatic heterocycles. The second kappa shape index (κ2) is 5.41. The van der Waals surface area contributed by atoms with Gasteiger partial charge in [-0.25, -0.2) is 0 Å². The lowest BCUT2D eigenvalue weighted by molar-refractivity contribution is 0.229.